The third-order valence-corrected chi connectivity index (χ3v) is 4.25. The molecule has 0 radical (unpaired) electrons. The smallest absolute Gasteiger partial charge is 0.254 e. The summed E-state index contributed by atoms with van der Waals surface area (Å²) in [5, 5.41) is 4.68. The third kappa shape index (κ3) is 3.08. The lowest BCUT2D eigenvalue weighted by molar-refractivity contribution is 0.0726. The van der Waals surface area contributed by atoms with E-state index in [4.69, 9.17) is 20.5 Å². The van der Waals surface area contributed by atoms with Crippen LogP contribution in [0.4, 0.5) is 0 Å². The summed E-state index contributed by atoms with van der Waals surface area (Å²) in [5.74, 6) is 1.16. The number of benzene rings is 1. The van der Waals surface area contributed by atoms with Gasteiger partial charge in [-0.25, -0.2) is 0 Å². The van der Waals surface area contributed by atoms with Crippen molar-refractivity contribution in [2.24, 2.45) is 0 Å². The fraction of sp³-hybridized carbons (Fsp3) is 0.222. The Morgan fingerprint density at radius 2 is 2.00 bits per heavy atom. The Morgan fingerprint density at radius 3 is 2.67 bits per heavy atom. The monoisotopic (exact) mass is 342 g/mol. The van der Waals surface area contributed by atoms with E-state index in [0.29, 0.717) is 34.3 Å². The van der Waals surface area contributed by atoms with Gasteiger partial charge in [0.05, 0.1) is 12.8 Å². The van der Waals surface area contributed by atoms with Gasteiger partial charge in [0.15, 0.2) is 5.76 Å². The van der Waals surface area contributed by atoms with Crippen LogP contribution in [-0.4, -0.2) is 22.0 Å². The topological polar surface area (TPSA) is 59.5 Å². The highest BCUT2D eigenvalue weighted by Gasteiger charge is 2.33. The van der Waals surface area contributed by atoms with Crippen LogP contribution < -0.4 is 0 Å². The number of carbonyl (C=O) groups is 1. The Labute approximate surface area is 143 Å². The van der Waals surface area contributed by atoms with Gasteiger partial charge >= 0.3 is 0 Å². The molecule has 2 heterocycles. The van der Waals surface area contributed by atoms with Crippen LogP contribution in [0.25, 0.3) is 11.5 Å². The van der Waals surface area contributed by atoms with Gasteiger partial charge < -0.3 is 13.8 Å². The molecule has 0 spiro atoms. The molecule has 6 heteroatoms. The summed E-state index contributed by atoms with van der Waals surface area (Å²) in [6.07, 6.45) is 3.61. The minimum atomic E-state index is -0.0169. The van der Waals surface area contributed by atoms with E-state index in [1.54, 1.807) is 36.6 Å². The molecule has 24 heavy (non-hydrogen) atoms. The van der Waals surface area contributed by atoms with Crippen LogP contribution in [0.15, 0.2) is 57.7 Å². The zero-order valence-corrected chi connectivity index (χ0v) is 13.6. The predicted molar refractivity (Wildman–Crippen MR) is 88.6 cm³/mol. The molecule has 5 nitrogen and oxygen atoms in total. The molecule has 0 N–H and O–H groups in total. The molecule has 1 fully saturated rings. The summed E-state index contributed by atoms with van der Waals surface area (Å²) >= 11 is 5.90. The highest BCUT2D eigenvalue weighted by molar-refractivity contribution is 6.30. The maximum Gasteiger partial charge on any atom is 0.254 e. The van der Waals surface area contributed by atoms with Crippen LogP contribution in [0.3, 0.4) is 0 Å². The van der Waals surface area contributed by atoms with Gasteiger partial charge in [-0.2, -0.15) is 0 Å². The number of hydrogen-bond acceptors (Lipinski definition) is 4. The van der Waals surface area contributed by atoms with Crippen molar-refractivity contribution in [2.45, 2.75) is 25.4 Å². The van der Waals surface area contributed by atoms with Crippen molar-refractivity contribution in [3.05, 3.63) is 65.0 Å². The van der Waals surface area contributed by atoms with Gasteiger partial charge in [-0.1, -0.05) is 16.8 Å². The Bertz CT molecular complexity index is 836. The summed E-state index contributed by atoms with van der Waals surface area (Å²) in [6.45, 7) is 0.413. The maximum atomic E-state index is 12.8. The first kappa shape index (κ1) is 15.0. The Kier molecular flexibility index (Phi) is 3.86. The minimum Gasteiger partial charge on any atom is -0.461 e. The van der Waals surface area contributed by atoms with Crippen LogP contribution in [0.2, 0.25) is 5.02 Å². The molecule has 122 valence electrons. The summed E-state index contributed by atoms with van der Waals surface area (Å²) in [7, 11) is 0. The molecule has 3 aromatic rings. The second kappa shape index (κ2) is 6.17. The molecular weight excluding hydrogens is 328 g/mol. The van der Waals surface area contributed by atoms with Crippen molar-refractivity contribution in [3.8, 4) is 11.5 Å². The lowest BCUT2D eigenvalue weighted by Crippen LogP contribution is -2.32. The van der Waals surface area contributed by atoms with Crippen molar-refractivity contribution in [3.63, 3.8) is 0 Å². The lowest BCUT2D eigenvalue weighted by Gasteiger charge is -2.21. The molecule has 1 aliphatic carbocycles. The number of amides is 1. The summed E-state index contributed by atoms with van der Waals surface area (Å²) in [4.78, 5) is 14.6. The second-order valence-corrected chi connectivity index (χ2v) is 6.27. The first-order valence-electron chi connectivity index (χ1n) is 7.77. The molecule has 0 bridgehead atoms. The zero-order valence-electron chi connectivity index (χ0n) is 12.8. The van der Waals surface area contributed by atoms with E-state index >= 15 is 0 Å². The van der Waals surface area contributed by atoms with E-state index in [1.807, 2.05) is 17.0 Å². The predicted octanol–water partition coefficient (Wildman–Crippen LogP) is 4.39. The minimum absolute atomic E-state index is 0.0169. The Hall–Kier alpha value is -2.53. The fourth-order valence-electron chi connectivity index (χ4n) is 2.61. The van der Waals surface area contributed by atoms with Gasteiger partial charge in [-0.05, 0) is 49.2 Å². The van der Waals surface area contributed by atoms with E-state index in [0.717, 1.165) is 12.8 Å². The van der Waals surface area contributed by atoms with E-state index in [9.17, 15) is 4.79 Å². The Morgan fingerprint density at radius 1 is 1.21 bits per heavy atom. The van der Waals surface area contributed by atoms with Crippen LogP contribution in [-0.2, 0) is 6.54 Å². The molecule has 0 unspecified atom stereocenters. The number of furan rings is 1. The lowest BCUT2D eigenvalue weighted by atomic mass is 10.2. The second-order valence-electron chi connectivity index (χ2n) is 5.83. The van der Waals surface area contributed by atoms with Gasteiger partial charge in [-0.3, -0.25) is 4.79 Å². The van der Waals surface area contributed by atoms with Crippen LogP contribution >= 0.6 is 11.6 Å². The van der Waals surface area contributed by atoms with Crippen LogP contribution in [0, 0.1) is 0 Å². The van der Waals surface area contributed by atoms with Crippen molar-refractivity contribution in [2.75, 3.05) is 0 Å². The van der Waals surface area contributed by atoms with Gasteiger partial charge in [0, 0.05) is 22.7 Å². The first-order valence-corrected chi connectivity index (χ1v) is 8.14. The number of carbonyl (C=O) groups excluding carboxylic acids is 1. The summed E-state index contributed by atoms with van der Waals surface area (Å²) in [6, 6.07) is 12.6. The molecule has 4 rings (SSSR count). The summed E-state index contributed by atoms with van der Waals surface area (Å²) in [5.41, 5.74) is 1.33. The number of nitrogens with zero attached hydrogens (tertiary/aromatic N) is 2. The van der Waals surface area contributed by atoms with Gasteiger partial charge in [0.1, 0.15) is 5.69 Å². The molecular formula is C18H15ClN2O3. The number of aromatic nitrogens is 1. The van der Waals surface area contributed by atoms with Crippen LogP contribution in [0.5, 0.6) is 0 Å². The van der Waals surface area contributed by atoms with Gasteiger partial charge in [0.2, 0.25) is 5.76 Å². The molecule has 0 atom stereocenters. The van der Waals surface area contributed by atoms with E-state index in [2.05, 4.69) is 5.16 Å². The molecule has 1 aliphatic rings. The standard InChI is InChI=1S/C18H15ClN2O3/c19-13-5-3-12(4-6-13)18(22)21(15-7-8-15)11-14-10-17(24-20-14)16-2-1-9-23-16/h1-6,9-10,15H,7-8,11H2. The normalized spacial score (nSPS) is 13.9. The molecule has 1 aromatic carbocycles. The van der Waals surface area contributed by atoms with Crippen molar-refractivity contribution < 1.29 is 13.7 Å². The molecule has 0 saturated heterocycles. The van der Waals surface area contributed by atoms with Crippen molar-refractivity contribution >= 4 is 17.5 Å². The Balaban J connectivity index is 1.54. The molecule has 0 aliphatic heterocycles. The SMILES string of the molecule is O=C(c1ccc(Cl)cc1)N(Cc1cc(-c2ccco2)on1)C1CC1. The first-order chi connectivity index (χ1) is 11.7. The average molecular weight is 343 g/mol. The van der Waals surface area contributed by atoms with E-state index in [-0.39, 0.29) is 11.9 Å². The van der Waals surface area contributed by atoms with E-state index < -0.39 is 0 Å². The molecule has 1 amide bonds. The number of halogens is 1. The molecule has 2 aromatic heterocycles. The largest absolute Gasteiger partial charge is 0.461 e. The van der Waals surface area contributed by atoms with E-state index in [1.165, 1.54) is 0 Å². The quantitative estimate of drug-likeness (QED) is 0.689. The molecule has 1 saturated carbocycles. The number of hydrogen-bond donors (Lipinski definition) is 0. The maximum absolute atomic E-state index is 12.8. The van der Waals surface area contributed by atoms with Crippen molar-refractivity contribution in [1.29, 1.82) is 0 Å². The third-order valence-electron chi connectivity index (χ3n) is 4.00. The highest BCUT2D eigenvalue weighted by atomic mass is 35.5. The number of rotatable bonds is 5. The fourth-order valence-corrected chi connectivity index (χ4v) is 2.73. The van der Waals surface area contributed by atoms with Gasteiger partial charge in [-0.15, -0.1) is 0 Å². The van der Waals surface area contributed by atoms with Crippen molar-refractivity contribution in [1.82, 2.24) is 10.1 Å². The van der Waals surface area contributed by atoms with Gasteiger partial charge in [0.25, 0.3) is 5.91 Å². The van der Waals surface area contributed by atoms with Crippen LogP contribution in [0.1, 0.15) is 28.9 Å². The average Bonchev–Trinajstić information content (AvgIpc) is 3.10. The zero-order chi connectivity index (χ0) is 16.5. The highest BCUT2D eigenvalue weighted by Crippen LogP contribution is 2.30. The summed E-state index contributed by atoms with van der Waals surface area (Å²) < 4.78 is 10.6.